The summed E-state index contributed by atoms with van der Waals surface area (Å²) in [7, 11) is -3.84. The van der Waals surface area contributed by atoms with Crippen molar-refractivity contribution in [1.29, 1.82) is 0 Å². The first-order chi connectivity index (χ1) is 12.8. The summed E-state index contributed by atoms with van der Waals surface area (Å²) in [4.78, 5) is 12.3. The zero-order chi connectivity index (χ0) is 19.4. The Morgan fingerprint density at radius 1 is 1.11 bits per heavy atom. The van der Waals surface area contributed by atoms with Crippen molar-refractivity contribution >= 4 is 21.6 Å². The van der Waals surface area contributed by atoms with E-state index in [1.165, 1.54) is 31.2 Å². The fraction of sp³-hybridized carbons (Fsp3) is 0.316. The second-order valence-corrected chi connectivity index (χ2v) is 8.24. The molecule has 2 aromatic rings. The molecule has 3 rings (SSSR count). The van der Waals surface area contributed by atoms with Crippen LogP contribution in [0.1, 0.15) is 28.8 Å². The van der Waals surface area contributed by atoms with Gasteiger partial charge in [0.2, 0.25) is 0 Å². The smallest absolute Gasteiger partial charge is 0.262 e. The number of hydrogen-bond acceptors (Lipinski definition) is 4. The Labute approximate surface area is 158 Å². The van der Waals surface area contributed by atoms with Crippen LogP contribution in [0.25, 0.3) is 0 Å². The number of sulfonamides is 1. The lowest BCUT2D eigenvalue weighted by molar-refractivity contribution is 0.0929. The molecule has 0 saturated carbocycles. The molecule has 6 nitrogen and oxygen atoms in total. The van der Waals surface area contributed by atoms with E-state index < -0.39 is 15.8 Å². The first-order valence-electron chi connectivity index (χ1n) is 8.76. The van der Waals surface area contributed by atoms with Crippen molar-refractivity contribution in [2.24, 2.45) is 0 Å². The van der Waals surface area contributed by atoms with Gasteiger partial charge < -0.3 is 10.6 Å². The van der Waals surface area contributed by atoms with Crippen LogP contribution in [0.2, 0.25) is 0 Å². The maximum Gasteiger partial charge on any atom is 0.262 e. The van der Waals surface area contributed by atoms with E-state index in [1.54, 1.807) is 12.1 Å². The molecule has 1 saturated heterocycles. The van der Waals surface area contributed by atoms with Gasteiger partial charge in [0.1, 0.15) is 5.82 Å². The second-order valence-electron chi connectivity index (χ2n) is 6.59. The molecule has 0 unspecified atom stereocenters. The molecule has 2 aromatic carbocycles. The van der Waals surface area contributed by atoms with E-state index in [9.17, 15) is 17.6 Å². The summed E-state index contributed by atoms with van der Waals surface area (Å²) in [5.74, 6) is -0.666. The lowest BCUT2D eigenvalue weighted by atomic mass is 10.1. The minimum atomic E-state index is -3.84. The highest BCUT2D eigenvalue weighted by atomic mass is 32.2. The molecule has 1 heterocycles. The second kappa shape index (κ2) is 8.06. The van der Waals surface area contributed by atoms with Crippen molar-refractivity contribution in [2.75, 3.05) is 17.8 Å². The summed E-state index contributed by atoms with van der Waals surface area (Å²) in [5.41, 5.74) is 1.12. The Kier molecular flexibility index (Phi) is 5.76. The molecule has 27 heavy (non-hydrogen) atoms. The molecule has 1 amide bonds. The maximum atomic E-state index is 13.2. The predicted octanol–water partition coefficient (Wildman–Crippen LogP) is 2.42. The number of aryl methyl sites for hydroxylation is 1. The number of carbonyl (C=O) groups excluding carboxylic acids is 1. The topological polar surface area (TPSA) is 87.3 Å². The molecule has 0 aromatic heterocycles. The number of hydrogen-bond donors (Lipinski definition) is 3. The molecule has 144 valence electrons. The molecular weight excluding hydrogens is 369 g/mol. The largest absolute Gasteiger partial charge is 0.349 e. The summed E-state index contributed by atoms with van der Waals surface area (Å²) >= 11 is 0. The minimum Gasteiger partial charge on any atom is -0.349 e. The van der Waals surface area contributed by atoms with Gasteiger partial charge in [0.05, 0.1) is 4.90 Å². The zero-order valence-electron chi connectivity index (χ0n) is 15.0. The van der Waals surface area contributed by atoms with Gasteiger partial charge >= 0.3 is 0 Å². The van der Waals surface area contributed by atoms with Gasteiger partial charge in [0, 0.05) is 17.3 Å². The number of carbonyl (C=O) groups is 1. The van der Waals surface area contributed by atoms with Crippen LogP contribution >= 0.6 is 0 Å². The van der Waals surface area contributed by atoms with E-state index in [1.807, 2.05) is 0 Å². The van der Waals surface area contributed by atoms with Crippen LogP contribution in [0, 0.1) is 12.7 Å². The highest BCUT2D eigenvalue weighted by Crippen LogP contribution is 2.20. The van der Waals surface area contributed by atoms with Crippen LogP contribution in [0.3, 0.4) is 0 Å². The molecular formula is C19H22FN3O3S. The van der Waals surface area contributed by atoms with E-state index in [-0.39, 0.29) is 16.8 Å². The Morgan fingerprint density at radius 2 is 1.78 bits per heavy atom. The third-order valence-corrected chi connectivity index (χ3v) is 6.04. The predicted molar refractivity (Wildman–Crippen MR) is 102 cm³/mol. The number of amides is 1. The van der Waals surface area contributed by atoms with E-state index in [0.717, 1.165) is 32.0 Å². The summed E-state index contributed by atoms with van der Waals surface area (Å²) in [5, 5.41) is 6.23. The molecule has 0 radical (unpaired) electrons. The number of benzene rings is 2. The van der Waals surface area contributed by atoms with E-state index >= 15 is 0 Å². The zero-order valence-corrected chi connectivity index (χ0v) is 15.8. The lowest BCUT2D eigenvalue weighted by Crippen LogP contribution is -2.42. The number of anilines is 1. The number of rotatable bonds is 5. The first-order valence-corrected chi connectivity index (χ1v) is 10.2. The van der Waals surface area contributed by atoms with Crippen molar-refractivity contribution in [3.63, 3.8) is 0 Å². The molecule has 0 aliphatic carbocycles. The van der Waals surface area contributed by atoms with Crippen LogP contribution in [0.15, 0.2) is 47.4 Å². The van der Waals surface area contributed by atoms with Gasteiger partial charge in [-0.2, -0.15) is 0 Å². The van der Waals surface area contributed by atoms with Crippen LogP contribution < -0.4 is 15.4 Å². The Hall–Kier alpha value is -2.45. The van der Waals surface area contributed by atoms with Gasteiger partial charge in [-0.3, -0.25) is 9.52 Å². The van der Waals surface area contributed by atoms with Gasteiger partial charge in [-0.05, 0) is 80.9 Å². The number of piperidine rings is 1. The molecule has 1 aliphatic heterocycles. The number of halogens is 1. The van der Waals surface area contributed by atoms with Gasteiger partial charge in [-0.1, -0.05) is 0 Å². The van der Waals surface area contributed by atoms with Crippen molar-refractivity contribution < 1.29 is 17.6 Å². The van der Waals surface area contributed by atoms with Gasteiger partial charge in [0.15, 0.2) is 0 Å². The van der Waals surface area contributed by atoms with Crippen molar-refractivity contribution in [3.05, 3.63) is 59.4 Å². The maximum absolute atomic E-state index is 13.2. The average molecular weight is 391 g/mol. The quantitative estimate of drug-likeness (QED) is 0.731. The molecule has 1 aliphatic rings. The van der Waals surface area contributed by atoms with Crippen LogP contribution in [-0.2, 0) is 10.0 Å². The standard InChI is InChI=1S/C19H22FN3O3S/c1-13-12-15(20)4-7-18(13)27(25,26)23-17-5-2-14(3-6-17)19(24)22-16-8-10-21-11-9-16/h2-7,12,16,21,23H,8-11H2,1H3,(H,22,24). The molecule has 0 bridgehead atoms. The monoisotopic (exact) mass is 391 g/mol. The fourth-order valence-electron chi connectivity index (χ4n) is 3.05. The highest BCUT2D eigenvalue weighted by molar-refractivity contribution is 7.92. The Bertz CT molecular complexity index is 924. The third-order valence-electron chi connectivity index (χ3n) is 4.50. The normalized spacial score (nSPS) is 15.3. The summed E-state index contributed by atoms with van der Waals surface area (Å²) in [6, 6.07) is 9.88. The average Bonchev–Trinajstić information content (AvgIpc) is 2.62. The molecule has 0 atom stereocenters. The van der Waals surface area contributed by atoms with E-state index in [0.29, 0.717) is 16.8 Å². The molecule has 3 N–H and O–H groups in total. The number of nitrogens with one attached hydrogen (secondary N) is 3. The molecule has 1 fully saturated rings. The lowest BCUT2D eigenvalue weighted by Gasteiger charge is -2.23. The van der Waals surface area contributed by atoms with Crippen molar-refractivity contribution in [1.82, 2.24) is 10.6 Å². The Balaban J connectivity index is 1.68. The van der Waals surface area contributed by atoms with Crippen molar-refractivity contribution in [2.45, 2.75) is 30.7 Å². The molecule has 8 heteroatoms. The third kappa shape index (κ3) is 4.84. The fourth-order valence-corrected chi connectivity index (χ4v) is 4.34. The summed E-state index contributed by atoms with van der Waals surface area (Å²) in [6.07, 6.45) is 1.78. The van der Waals surface area contributed by atoms with Gasteiger partial charge in [0.25, 0.3) is 15.9 Å². The van der Waals surface area contributed by atoms with E-state index in [4.69, 9.17) is 0 Å². The Morgan fingerprint density at radius 3 is 2.41 bits per heavy atom. The minimum absolute atomic E-state index is 0.0108. The SMILES string of the molecule is Cc1cc(F)ccc1S(=O)(=O)Nc1ccc(C(=O)NC2CCNCC2)cc1. The van der Waals surface area contributed by atoms with Crippen LogP contribution in [0.4, 0.5) is 10.1 Å². The first kappa shape index (κ1) is 19.3. The van der Waals surface area contributed by atoms with Crippen LogP contribution in [-0.4, -0.2) is 33.5 Å². The van der Waals surface area contributed by atoms with Crippen LogP contribution in [0.5, 0.6) is 0 Å². The summed E-state index contributed by atoms with van der Waals surface area (Å²) < 4.78 is 40.6. The van der Waals surface area contributed by atoms with Gasteiger partial charge in [-0.15, -0.1) is 0 Å². The van der Waals surface area contributed by atoms with Crippen molar-refractivity contribution in [3.8, 4) is 0 Å². The summed E-state index contributed by atoms with van der Waals surface area (Å²) in [6.45, 7) is 3.30. The van der Waals surface area contributed by atoms with Gasteiger partial charge in [-0.25, -0.2) is 12.8 Å². The van der Waals surface area contributed by atoms with E-state index in [2.05, 4.69) is 15.4 Å². The molecule has 0 spiro atoms. The highest BCUT2D eigenvalue weighted by Gasteiger charge is 2.19.